The SMILES string of the molecule is COc1cccc([C@@H]2CN(Cc3ccc(Cl)cc3)C[C@H]2CN(CC(C)C)C(C)=O)c1. The zero-order valence-electron chi connectivity index (χ0n) is 18.5. The summed E-state index contributed by atoms with van der Waals surface area (Å²) in [4.78, 5) is 16.8. The average molecular weight is 429 g/mol. The molecule has 3 rings (SSSR count). The summed E-state index contributed by atoms with van der Waals surface area (Å²) in [6.45, 7) is 10.4. The highest BCUT2D eigenvalue weighted by Crippen LogP contribution is 2.35. The fourth-order valence-electron chi connectivity index (χ4n) is 4.43. The molecule has 0 aliphatic carbocycles. The van der Waals surface area contributed by atoms with E-state index in [1.165, 1.54) is 11.1 Å². The van der Waals surface area contributed by atoms with Crippen molar-refractivity contribution in [3.63, 3.8) is 0 Å². The molecule has 0 radical (unpaired) electrons. The van der Waals surface area contributed by atoms with Crippen molar-refractivity contribution in [3.05, 3.63) is 64.7 Å². The molecule has 2 aromatic rings. The minimum Gasteiger partial charge on any atom is -0.497 e. The lowest BCUT2D eigenvalue weighted by Gasteiger charge is -2.29. The fourth-order valence-corrected chi connectivity index (χ4v) is 4.55. The Morgan fingerprint density at radius 2 is 1.93 bits per heavy atom. The van der Waals surface area contributed by atoms with Crippen LogP contribution in [0.4, 0.5) is 0 Å². The Balaban J connectivity index is 1.81. The third kappa shape index (κ3) is 5.99. The molecule has 1 heterocycles. The maximum atomic E-state index is 12.3. The lowest BCUT2D eigenvalue weighted by molar-refractivity contribution is -0.130. The largest absolute Gasteiger partial charge is 0.497 e. The van der Waals surface area contributed by atoms with Crippen LogP contribution >= 0.6 is 11.6 Å². The maximum absolute atomic E-state index is 12.3. The number of hydrogen-bond acceptors (Lipinski definition) is 3. The van der Waals surface area contributed by atoms with Gasteiger partial charge in [-0.25, -0.2) is 0 Å². The summed E-state index contributed by atoms with van der Waals surface area (Å²) in [5, 5.41) is 0.762. The summed E-state index contributed by atoms with van der Waals surface area (Å²) in [5.41, 5.74) is 2.54. The Morgan fingerprint density at radius 3 is 2.57 bits per heavy atom. The average Bonchev–Trinajstić information content (AvgIpc) is 3.11. The van der Waals surface area contributed by atoms with Crippen molar-refractivity contribution in [1.82, 2.24) is 9.80 Å². The molecule has 5 heteroatoms. The Labute approximate surface area is 185 Å². The second-order valence-electron chi connectivity index (χ2n) is 8.78. The number of halogens is 1. The third-order valence-corrected chi connectivity index (χ3v) is 6.10. The second kappa shape index (κ2) is 10.3. The van der Waals surface area contributed by atoms with Crippen LogP contribution in [0.25, 0.3) is 0 Å². The van der Waals surface area contributed by atoms with E-state index in [0.29, 0.717) is 17.8 Å². The third-order valence-electron chi connectivity index (χ3n) is 5.84. The summed E-state index contributed by atoms with van der Waals surface area (Å²) in [7, 11) is 1.71. The maximum Gasteiger partial charge on any atom is 0.219 e. The van der Waals surface area contributed by atoms with E-state index in [2.05, 4.69) is 49.1 Å². The molecular weight excluding hydrogens is 396 g/mol. The van der Waals surface area contributed by atoms with Crippen molar-refractivity contribution in [1.29, 1.82) is 0 Å². The minimum atomic E-state index is 0.157. The number of ether oxygens (including phenoxy) is 1. The predicted molar refractivity (Wildman–Crippen MR) is 123 cm³/mol. The molecule has 0 spiro atoms. The molecule has 1 saturated heterocycles. The quantitative estimate of drug-likeness (QED) is 0.588. The number of rotatable bonds is 8. The van der Waals surface area contributed by atoms with Crippen LogP contribution in [-0.4, -0.2) is 49.0 Å². The molecule has 4 nitrogen and oxygen atoms in total. The van der Waals surface area contributed by atoms with Crippen LogP contribution in [0.3, 0.4) is 0 Å². The van der Waals surface area contributed by atoms with Crippen molar-refractivity contribution in [3.8, 4) is 5.75 Å². The van der Waals surface area contributed by atoms with Gasteiger partial charge in [0, 0.05) is 50.6 Å². The minimum absolute atomic E-state index is 0.157. The number of methoxy groups -OCH3 is 1. The van der Waals surface area contributed by atoms with Crippen LogP contribution in [0.2, 0.25) is 5.02 Å². The van der Waals surface area contributed by atoms with Gasteiger partial charge in [0.25, 0.3) is 0 Å². The molecule has 2 atom stereocenters. The van der Waals surface area contributed by atoms with Gasteiger partial charge in [-0.2, -0.15) is 0 Å². The van der Waals surface area contributed by atoms with E-state index in [9.17, 15) is 4.79 Å². The summed E-state index contributed by atoms with van der Waals surface area (Å²) >= 11 is 6.05. The van der Waals surface area contributed by atoms with Crippen LogP contribution in [0.15, 0.2) is 48.5 Å². The zero-order chi connectivity index (χ0) is 21.7. The Hall–Kier alpha value is -2.04. The highest BCUT2D eigenvalue weighted by atomic mass is 35.5. The molecule has 0 bridgehead atoms. The number of amides is 1. The van der Waals surface area contributed by atoms with Gasteiger partial charge in [-0.15, -0.1) is 0 Å². The smallest absolute Gasteiger partial charge is 0.219 e. The van der Waals surface area contributed by atoms with Gasteiger partial charge in [-0.05, 0) is 47.2 Å². The number of hydrogen-bond donors (Lipinski definition) is 0. The van der Waals surface area contributed by atoms with Crippen molar-refractivity contribution >= 4 is 17.5 Å². The van der Waals surface area contributed by atoms with E-state index in [0.717, 1.165) is 43.5 Å². The summed E-state index contributed by atoms with van der Waals surface area (Å²) in [6, 6.07) is 16.5. The number of nitrogens with zero attached hydrogens (tertiary/aromatic N) is 2. The van der Waals surface area contributed by atoms with Crippen molar-refractivity contribution < 1.29 is 9.53 Å². The van der Waals surface area contributed by atoms with Crippen molar-refractivity contribution in [2.24, 2.45) is 11.8 Å². The first-order valence-electron chi connectivity index (χ1n) is 10.7. The van der Waals surface area contributed by atoms with Crippen LogP contribution in [0.5, 0.6) is 5.75 Å². The number of carbonyl (C=O) groups is 1. The fraction of sp³-hybridized carbons (Fsp3) is 0.480. The Morgan fingerprint density at radius 1 is 1.20 bits per heavy atom. The number of carbonyl (C=O) groups excluding carboxylic acids is 1. The molecular formula is C25H33ClN2O2. The van der Waals surface area contributed by atoms with Crippen LogP contribution < -0.4 is 4.74 Å². The van der Waals surface area contributed by atoms with Gasteiger partial charge < -0.3 is 9.64 Å². The van der Waals surface area contributed by atoms with E-state index < -0.39 is 0 Å². The molecule has 1 fully saturated rings. The summed E-state index contributed by atoms with van der Waals surface area (Å²) < 4.78 is 5.46. The number of likely N-dealkylation sites (tertiary alicyclic amines) is 1. The second-order valence-corrected chi connectivity index (χ2v) is 9.22. The van der Waals surface area contributed by atoms with Gasteiger partial charge in [0.15, 0.2) is 0 Å². The van der Waals surface area contributed by atoms with Crippen LogP contribution in [0.1, 0.15) is 37.8 Å². The monoisotopic (exact) mass is 428 g/mol. The zero-order valence-corrected chi connectivity index (χ0v) is 19.2. The topological polar surface area (TPSA) is 32.8 Å². The summed E-state index contributed by atoms with van der Waals surface area (Å²) in [6.07, 6.45) is 0. The number of benzene rings is 2. The molecule has 2 aromatic carbocycles. The highest BCUT2D eigenvalue weighted by molar-refractivity contribution is 6.30. The van der Waals surface area contributed by atoms with E-state index in [-0.39, 0.29) is 5.91 Å². The lowest BCUT2D eigenvalue weighted by Crippen LogP contribution is -2.38. The van der Waals surface area contributed by atoms with Crippen LogP contribution in [-0.2, 0) is 11.3 Å². The van der Waals surface area contributed by atoms with E-state index >= 15 is 0 Å². The molecule has 0 aromatic heterocycles. The van der Waals surface area contributed by atoms with Gasteiger partial charge in [0.2, 0.25) is 5.91 Å². The molecule has 1 amide bonds. The molecule has 30 heavy (non-hydrogen) atoms. The molecule has 162 valence electrons. The Kier molecular flexibility index (Phi) is 7.79. The normalized spacial score (nSPS) is 19.3. The van der Waals surface area contributed by atoms with Crippen molar-refractivity contribution in [2.45, 2.75) is 33.2 Å². The molecule has 0 N–H and O–H groups in total. The summed E-state index contributed by atoms with van der Waals surface area (Å²) in [5.74, 6) is 2.24. The molecule has 1 aliphatic rings. The Bertz CT molecular complexity index is 837. The van der Waals surface area contributed by atoms with E-state index in [1.807, 2.05) is 23.1 Å². The van der Waals surface area contributed by atoms with Gasteiger partial charge in [0.05, 0.1) is 7.11 Å². The van der Waals surface area contributed by atoms with Gasteiger partial charge >= 0.3 is 0 Å². The molecule has 1 aliphatic heterocycles. The lowest BCUT2D eigenvalue weighted by atomic mass is 9.88. The first-order chi connectivity index (χ1) is 14.4. The first-order valence-corrected chi connectivity index (χ1v) is 11.1. The molecule has 0 unspecified atom stereocenters. The highest BCUT2D eigenvalue weighted by Gasteiger charge is 2.35. The van der Waals surface area contributed by atoms with Crippen LogP contribution in [0, 0.1) is 11.8 Å². The van der Waals surface area contributed by atoms with E-state index in [4.69, 9.17) is 16.3 Å². The van der Waals surface area contributed by atoms with Gasteiger partial charge in [-0.3, -0.25) is 9.69 Å². The van der Waals surface area contributed by atoms with Gasteiger partial charge in [0.1, 0.15) is 5.75 Å². The predicted octanol–water partition coefficient (Wildman–Crippen LogP) is 5.07. The van der Waals surface area contributed by atoms with Crippen molar-refractivity contribution in [2.75, 3.05) is 33.3 Å². The standard InChI is InChI=1S/C25H33ClN2O2/c1-18(2)13-28(19(3)29)16-22-15-27(14-20-8-10-23(26)11-9-20)17-25(22)21-6-5-7-24(12-21)30-4/h5-12,18,22,25H,13-17H2,1-4H3/t22-,25-/m0/s1. The van der Waals surface area contributed by atoms with E-state index in [1.54, 1.807) is 14.0 Å². The van der Waals surface area contributed by atoms with Gasteiger partial charge in [-0.1, -0.05) is 49.7 Å². The first kappa shape index (κ1) is 22.6. The molecule has 0 saturated carbocycles.